The van der Waals surface area contributed by atoms with Gasteiger partial charge in [-0.15, -0.1) is 0 Å². The van der Waals surface area contributed by atoms with Crippen molar-refractivity contribution in [3.63, 3.8) is 0 Å². The van der Waals surface area contributed by atoms with Gasteiger partial charge >= 0.3 is 0 Å². The highest BCUT2D eigenvalue weighted by Crippen LogP contribution is 2.47. The summed E-state index contributed by atoms with van der Waals surface area (Å²) in [6.45, 7) is 10.6. The molecule has 23 heavy (non-hydrogen) atoms. The monoisotopic (exact) mass is 346 g/mol. The van der Waals surface area contributed by atoms with Crippen LogP contribution in [0.15, 0.2) is 60.7 Å². The Morgan fingerprint density at radius 1 is 0.870 bits per heavy atom. The molecule has 0 aromatic heterocycles. The first-order valence-corrected chi connectivity index (χ1v) is 13.3. The molecule has 0 aliphatic carbocycles. The highest BCUT2D eigenvalue weighted by molar-refractivity contribution is 7.78. The molecular weight excluding hydrogens is 319 g/mol. The van der Waals surface area contributed by atoms with Gasteiger partial charge in [0.1, 0.15) is 7.14 Å². The summed E-state index contributed by atoms with van der Waals surface area (Å²) in [4.78, 5) is 0. The lowest BCUT2D eigenvalue weighted by Crippen LogP contribution is -2.42. The SMILES string of the molecule is CC(C)(CP(=O)(c1ccccc1)c1ccccc1)O[Si](C)(C)C. The van der Waals surface area contributed by atoms with Crippen LogP contribution in [0.4, 0.5) is 0 Å². The molecule has 0 radical (unpaired) electrons. The molecule has 0 N–H and O–H groups in total. The summed E-state index contributed by atoms with van der Waals surface area (Å²) in [6, 6.07) is 19.6. The lowest BCUT2D eigenvalue weighted by atomic mass is 10.2. The van der Waals surface area contributed by atoms with Gasteiger partial charge in [0.2, 0.25) is 0 Å². The minimum absolute atomic E-state index is 0.425. The van der Waals surface area contributed by atoms with Crippen molar-refractivity contribution in [1.82, 2.24) is 0 Å². The smallest absolute Gasteiger partial charge is 0.184 e. The summed E-state index contributed by atoms with van der Waals surface area (Å²) in [5.74, 6) is 0. The molecule has 0 atom stereocenters. The summed E-state index contributed by atoms with van der Waals surface area (Å²) < 4.78 is 20.4. The highest BCUT2D eigenvalue weighted by Gasteiger charge is 2.37. The standard InChI is InChI=1S/C19H27O2PSi/c1-19(2,21-23(3,4)5)16-22(20,17-12-8-6-9-13-17)18-14-10-7-11-15-18/h6-15H,16H2,1-5H3. The molecule has 2 rings (SSSR count). The Hall–Kier alpha value is -1.15. The van der Waals surface area contributed by atoms with E-state index in [9.17, 15) is 4.57 Å². The minimum Gasteiger partial charge on any atom is -0.412 e. The maximum Gasteiger partial charge on any atom is 0.184 e. The van der Waals surface area contributed by atoms with Crippen LogP contribution >= 0.6 is 7.14 Å². The average Bonchev–Trinajstić information content (AvgIpc) is 2.46. The molecule has 0 heterocycles. The quantitative estimate of drug-likeness (QED) is 0.563. The predicted octanol–water partition coefficient (Wildman–Crippen LogP) is 4.63. The Balaban J connectivity index is 2.46. The zero-order chi connectivity index (χ0) is 17.1. The van der Waals surface area contributed by atoms with Crippen molar-refractivity contribution in [1.29, 1.82) is 0 Å². The van der Waals surface area contributed by atoms with Crippen molar-refractivity contribution in [2.75, 3.05) is 6.16 Å². The van der Waals surface area contributed by atoms with Crippen LogP contribution in [-0.4, -0.2) is 20.1 Å². The van der Waals surface area contributed by atoms with Crippen molar-refractivity contribution in [2.45, 2.75) is 39.1 Å². The largest absolute Gasteiger partial charge is 0.412 e. The second-order valence-corrected chi connectivity index (χ2v) is 14.8. The number of hydrogen-bond donors (Lipinski definition) is 0. The van der Waals surface area contributed by atoms with E-state index >= 15 is 0 Å². The van der Waals surface area contributed by atoms with Crippen LogP contribution in [0.2, 0.25) is 19.6 Å². The van der Waals surface area contributed by atoms with Gasteiger partial charge in [-0.2, -0.15) is 0 Å². The maximum atomic E-state index is 14.1. The molecule has 0 aliphatic heterocycles. The molecule has 124 valence electrons. The van der Waals surface area contributed by atoms with Crippen LogP contribution in [0.25, 0.3) is 0 Å². The molecule has 0 fully saturated rings. The third-order valence-corrected chi connectivity index (χ3v) is 8.17. The molecule has 0 aliphatic rings. The Bertz CT molecular complexity index is 632. The fourth-order valence-corrected chi connectivity index (χ4v) is 8.03. The lowest BCUT2D eigenvalue weighted by molar-refractivity contribution is 0.126. The Labute approximate surface area is 141 Å². The van der Waals surface area contributed by atoms with Gasteiger partial charge in [0.05, 0.1) is 5.60 Å². The van der Waals surface area contributed by atoms with Crippen LogP contribution in [0.5, 0.6) is 0 Å². The number of hydrogen-bond acceptors (Lipinski definition) is 2. The third kappa shape index (κ3) is 4.91. The molecule has 2 aromatic carbocycles. The van der Waals surface area contributed by atoms with E-state index in [1.165, 1.54) is 0 Å². The fraction of sp³-hybridized carbons (Fsp3) is 0.368. The van der Waals surface area contributed by atoms with Crippen molar-refractivity contribution in [2.24, 2.45) is 0 Å². The highest BCUT2D eigenvalue weighted by atomic mass is 31.2. The molecule has 2 aromatic rings. The molecule has 4 heteroatoms. The van der Waals surface area contributed by atoms with E-state index in [-0.39, 0.29) is 0 Å². The second kappa shape index (κ2) is 6.76. The van der Waals surface area contributed by atoms with Gasteiger partial charge in [0.15, 0.2) is 8.32 Å². The van der Waals surface area contributed by atoms with E-state index in [0.717, 1.165) is 10.6 Å². The zero-order valence-electron chi connectivity index (χ0n) is 14.7. The van der Waals surface area contributed by atoms with E-state index in [1.807, 2.05) is 60.7 Å². The molecule has 0 bridgehead atoms. The molecule has 0 saturated heterocycles. The van der Waals surface area contributed by atoms with Gasteiger partial charge in [-0.25, -0.2) is 0 Å². The maximum absolute atomic E-state index is 14.1. The summed E-state index contributed by atoms with van der Waals surface area (Å²) in [7, 11) is -4.45. The summed E-state index contributed by atoms with van der Waals surface area (Å²) >= 11 is 0. The van der Waals surface area contributed by atoms with Crippen LogP contribution in [0.1, 0.15) is 13.8 Å². The van der Waals surface area contributed by atoms with Gasteiger partial charge < -0.3 is 8.99 Å². The topological polar surface area (TPSA) is 26.3 Å². The molecule has 0 unspecified atom stereocenters. The van der Waals surface area contributed by atoms with E-state index in [1.54, 1.807) is 0 Å². The normalized spacial score (nSPS) is 13.1. The van der Waals surface area contributed by atoms with Crippen LogP contribution < -0.4 is 10.6 Å². The molecule has 0 amide bonds. The molecule has 0 saturated carbocycles. The minimum atomic E-state index is -2.73. The third-order valence-electron chi connectivity index (χ3n) is 3.53. The first-order valence-electron chi connectivity index (χ1n) is 8.03. The van der Waals surface area contributed by atoms with Gasteiger partial charge in [-0.1, -0.05) is 60.7 Å². The van der Waals surface area contributed by atoms with E-state index in [2.05, 4.69) is 33.5 Å². The summed E-state index contributed by atoms with van der Waals surface area (Å²) in [5.41, 5.74) is -0.425. The van der Waals surface area contributed by atoms with E-state index < -0.39 is 21.1 Å². The Morgan fingerprint density at radius 3 is 1.61 bits per heavy atom. The van der Waals surface area contributed by atoms with Crippen molar-refractivity contribution >= 4 is 26.1 Å². The first kappa shape index (κ1) is 18.2. The Kier molecular flexibility index (Phi) is 5.35. The molecule has 2 nitrogen and oxygen atoms in total. The first-order chi connectivity index (χ1) is 10.6. The molecular formula is C19H27O2PSi. The van der Waals surface area contributed by atoms with E-state index in [0.29, 0.717) is 6.16 Å². The van der Waals surface area contributed by atoms with Crippen LogP contribution in [-0.2, 0) is 8.99 Å². The van der Waals surface area contributed by atoms with Crippen molar-refractivity contribution in [3.8, 4) is 0 Å². The second-order valence-electron chi connectivity index (χ2n) is 7.54. The number of rotatable bonds is 6. The number of benzene rings is 2. The predicted molar refractivity (Wildman–Crippen MR) is 103 cm³/mol. The fourth-order valence-electron chi connectivity index (χ4n) is 3.07. The van der Waals surface area contributed by atoms with Gasteiger partial charge in [0, 0.05) is 16.8 Å². The van der Waals surface area contributed by atoms with Gasteiger partial charge in [-0.3, -0.25) is 0 Å². The lowest BCUT2D eigenvalue weighted by Gasteiger charge is -2.36. The van der Waals surface area contributed by atoms with Crippen LogP contribution in [0, 0.1) is 0 Å². The summed E-state index contributed by atoms with van der Waals surface area (Å²) in [5, 5.41) is 1.80. The van der Waals surface area contributed by atoms with Crippen molar-refractivity contribution < 1.29 is 8.99 Å². The summed E-state index contributed by atoms with van der Waals surface area (Å²) in [6.07, 6.45) is 0.512. The van der Waals surface area contributed by atoms with Crippen molar-refractivity contribution in [3.05, 3.63) is 60.7 Å². The Morgan fingerprint density at radius 2 is 1.26 bits per heavy atom. The van der Waals surface area contributed by atoms with Gasteiger partial charge in [0.25, 0.3) is 0 Å². The average molecular weight is 346 g/mol. The van der Waals surface area contributed by atoms with Gasteiger partial charge in [-0.05, 0) is 33.5 Å². The molecule has 0 spiro atoms. The van der Waals surface area contributed by atoms with Crippen LogP contribution in [0.3, 0.4) is 0 Å². The van der Waals surface area contributed by atoms with E-state index in [4.69, 9.17) is 4.43 Å². The zero-order valence-corrected chi connectivity index (χ0v) is 16.6.